The molecule has 0 atom stereocenters. The third-order valence-electron chi connectivity index (χ3n) is 6.94. The molecule has 0 saturated carbocycles. The second-order valence-electron chi connectivity index (χ2n) is 8.71. The minimum atomic E-state index is 0.00733. The quantitative estimate of drug-likeness (QED) is 0.452. The van der Waals surface area contributed by atoms with E-state index in [1.807, 2.05) is 11.0 Å². The van der Waals surface area contributed by atoms with Crippen LogP contribution in [0.1, 0.15) is 28.8 Å². The molecule has 1 saturated heterocycles. The first-order chi connectivity index (χ1) is 15.6. The number of likely N-dealkylation sites (tertiary alicyclic amines) is 1. The Balaban J connectivity index is 1.30. The molecule has 0 bridgehead atoms. The Labute approximate surface area is 185 Å². The fraction of sp³-hybridized carbons (Fsp3) is 0.240. The first-order valence-electron chi connectivity index (χ1n) is 10.9. The first kappa shape index (κ1) is 18.9. The lowest BCUT2D eigenvalue weighted by Gasteiger charge is -2.39. The van der Waals surface area contributed by atoms with Gasteiger partial charge in [0.1, 0.15) is 5.75 Å². The number of anilines is 1. The van der Waals surface area contributed by atoms with Crippen LogP contribution in [0.25, 0.3) is 22.3 Å². The molecule has 2 aliphatic rings. The fourth-order valence-electron chi connectivity index (χ4n) is 5.10. The summed E-state index contributed by atoms with van der Waals surface area (Å²) < 4.78 is 0. The number of carbonyl (C=O) groups is 1. The number of carbonyl (C=O) groups excluding carboxylic acids is 1. The number of aromatic amines is 1. The Morgan fingerprint density at radius 2 is 1.84 bits per heavy atom. The lowest BCUT2D eigenvalue weighted by atomic mass is 9.74. The molecule has 2 aromatic carbocycles. The molecule has 7 nitrogen and oxygen atoms in total. The van der Waals surface area contributed by atoms with Gasteiger partial charge in [0, 0.05) is 36.3 Å². The van der Waals surface area contributed by atoms with Crippen molar-refractivity contribution in [1.29, 1.82) is 0 Å². The van der Waals surface area contributed by atoms with Gasteiger partial charge in [0.25, 0.3) is 5.91 Å². The summed E-state index contributed by atoms with van der Waals surface area (Å²) in [6, 6.07) is 17.2. The van der Waals surface area contributed by atoms with E-state index in [0.29, 0.717) is 30.0 Å². The lowest BCUT2D eigenvalue weighted by Crippen LogP contribution is -2.46. The summed E-state index contributed by atoms with van der Waals surface area (Å²) in [6.07, 6.45) is 3.54. The first-order valence-corrected chi connectivity index (χ1v) is 10.9. The maximum atomic E-state index is 13.6. The Morgan fingerprint density at radius 3 is 2.66 bits per heavy atom. The second-order valence-corrected chi connectivity index (χ2v) is 8.71. The highest BCUT2D eigenvalue weighted by molar-refractivity contribution is 6.06. The van der Waals surface area contributed by atoms with Gasteiger partial charge in [-0.15, -0.1) is 0 Å². The zero-order valence-electron chi connectivity index (χ0n) is 17.5. The Hall–Kier alpha value is -3.87. The molecule has 1 spiro atoms. The minimum Gasteiger partial charge on any atom is -0.508 e. The average molecular weight is 425 g/mol. The third kappa shape index (κ3) is 2.92. The number of aromatic hydroxyl groups is 1. The summed E-state index contributed by atoms with van der Waals surface area (Å²) in [7, 11) is 0. The lowest BCUT2D eigenvalue weighted by molar-refractivity contribution is 0.0678. The number of pyridine rings is 1. The van der Waals surface area contributed by atoms with Crippen molar-refractivity contribution in [2.24, 2.45) is 0 Å². The molecule has 0 unspecified atom stereocenters. The number of hydrogen-bond acceptors (Lipinski definition) is 5. The second kappa shape index (κ2) is 7.09. The number of fused-ring (bicyclic) bond motifs is 3. The van der Waals surface area contributed by atoms with Crippen LogP contribution >= 0.6 is 0 Å². The van der Waals surface area contributed by atoms with Gasteiger partial charge < -0.3 is 15.3 Å². The summed E-state index contributed by atoms with van der Waals surface area (Å²) in [5.41, 5.74) is 5.40. The molecule has 4 heterocycles. The number of phenols is 1. The van der Waals surface area contributed by atoms with E-state index in [0.717, 1.165) is 30.3 Å². The van der Waals surface area contributed by atoms with Crippen LogP contribution in [-0.2, 0) is 5.41 Å². The van der Waals surface area contributed by atoms with Crippen molar-refractivity contribution in [2.45, 2.75) is 18.3 Å². The third-order valence-corrected chi connectivity index (χ3v) is 6.94. The van der Waals surface area contributed by atoms with Gasteiger partial charge in [-0.3, -0.25) is 9.89 Å². The average Bonchev–Trinajstić information content (AvgIpc) is 3.45. The minimum absolute atomic E-state index is 0.00733. The van der Waals surface area contributed by atoms with Crippen LogP contribution in [-0.4, -0.2) is 50.7 Å². The molecule has 0 aliphatic carbocycles. The summed E-state index contributed by atoms with van der Waals surface area (Å²) in [6.45, 7) is 2.36. The summed E-state index contributed by atoms with van der Waals surface area (Å²) in [5.74, 6) is 0.200. The van der Waals surface area contributed by atoms with Gasteiger partial charge in [0.2, 0.25) is 0 Å². The van der Waals surface area contributed by atoms with Gasteiger partial charge in [-0.1, -0.05) is 18.2 Å². The molecule has 160 valence electrons. The number of piperidine rings is 1. The topological polar surface area (TPSA) is 94.1 Å². The molecule has 2 aliphatic heterocycles. The van der Waals surface area contributed by atoms with Crippen molar-refractivity contribution in [3.63, 3.8) is 0 Å². The van der Waals surface area contributed by atoms with Crippen LogP contribution in [0.2, 0.25) is 0 Å². The Morgan fingerprint density at radius 1 is 1.06 bits per heavy atom. The number of nitrogens with zero attached hydrogens (tertiary/aromatic N) is 3. The van der Waals surface area contributed by atoms with E-state index in [2.05, 4.69) is 44.8 Å². The molecule has 0 radical (unpaired) electrons. The van der Waals surface area contributed by atoms with E-state index < -0.39 is 0 Å². The normalized spacial score (nSPS) is 16.8. The number of hydrogen-bond donors (Lipinski definition) is 3. The monoisotopic (exact) mass is 425 g/mol. The van der Waals surface area contributed by atoms with Crippen molar-refractivity contribution in [1.82, 2.24) is 20.1 Å². The molecular formula is C25H23N5O2. The van der Waals surface area contributed by atoms with Crippen molar-refractivity contribution in [2.75, 3.05) is 25.0 Å². The Bertz CT molecular complexity index is 1320. The molecule has 3 N–H and O–H groups in total. The summed E-state index contributed by atoms with van der Waals surface area (Å²) >= 11 is 0. The van der Waals surface area contributed by atoms with E-state index in [4.69, 9.17) is 0 Å². The predicted molar refractivity (Wildman–Crippen MR) is 123 cm³/mol. The van der Waals surface area contributed by atoms with Crippen molar-refractivity contribution in [3.8, 4) is 17.0 Å². The van der Waals surface area contributed by atoms with E-state index in [1.54, 1.807) is 30.5 Å². The number of para-hydroxylation sites is 1. The maximum absolute atomic E-state index is 13.6. The maximum Gasteiger partial charge on any atom is 0.254 e. The highest BCUT2D eigenvalue weighted by atomic mass is 16.3. The van der Waals surface area contributed by atoms with Gasteiger partial charge in [-0.25, -0.2) is 4.98 Å². The molecular weight excluding hydrogens is 402 g/mol. The van der Waals surface area contributed by atoms with Crippen LogP contribution < -0.4 is 5.32 Å². The molecule has 2 aromatic heterocycles. The zero-order chi connectivity index (χ0) is 21.7. The van der Waals surface area contributed by atoms with Crippen LogP contribution in [0.3, 0.4) is 0 Å². The molecule has 1 fully saturated rings. The number of benzene rings is 2. The largest absolute Gasteiger partial charge is 0.508 e. The zero-order valence-corrected chi connectivity index (χ0v) is 17.5. The number of rotatable bonds is 2. The highest BCUT2D eigenvalue weighted by Crippen LogP contribution is 2.44. The van der Waals surface area contributed by atoms with E-state index >= 15 is 0 Å². The van der Waals surface area contributed by atoms with Crippen molar-refractivity contribution < 1.29 is 9.90 Å². The van der Waals surface area contributed by atoms with Gasteiger partial charge in [-0.05, 0) is 54.8 Å². The van der Waals surface area contributed by atoms with Crippen LogP contribution in [0.5, 0.6) is 5.75 Å². The highest BCUT2D eigenvalue weighted by Gasteiger charge is 2.42. The van der Waals surface area contributed by atoms with Crippen LogP contribution in [0.15, 0.2) is 60.8 Å². The summed E-state index contributed by atoms with van der Waals surface area (Å²) in [4.78, 5) is 20.2. The molecule has 6 rings (SSSR count). The molecule has 32 heavy (non-hydrogen) atoms. The van der Waals surface area contributed by atoms with Crippen molar-refractivity contribution in [3.05, 3.63) is 71.9 Å². The van der Waals surface area contributed by atoms with E-state index in [9.17, 15) is 9.90 Å². The fourth-order valence-corrected chi connectivity index (χ4v) is 5.10. The standard InChI is InChI=1S/C25H23N5O2/c31-17-7-5-16(6-8-17)22-13-18(19-14-27-29-23(19)28-22)24(32)30-11-9-25(10-12-30)15-26-21-4-2-1-3-20(21)25/h1-8,13-14,26,31H,9-12,15H2,(H,27,28,29). The van der Waals surface area contributed by atoms with Gasteiger partial charge in [0.05, 0.1) is 22.8 Å². The Kier molecular flexibility index (Phi) is 4.18. The SMILES string of the molecule is O=C(c1cc(-c2ccc(O)cc2)nc2[nH]ncc12)N1CCC2(CC1)CNc1ccccc12. The van der Waals surface area contributed by atoms with Crippen molar-refractivity contribution >= 4 is 22.6 Å². The van der Waals surface area contributed by atoms with E-state index in [-0.39, 0.29) is 17.1 Å². The van der Waals surface area contributed by atoms with Crippen LogP contribution in [0.4, 0.5) is 5.69 Å². The van der Waals surface area contributed by atoms with E-state index in [1.165, 1.54) is 11.3 Å². The smallest absolute Gasteiger partial charge is 0.254 e. The number of nitrogens with one attached hydrogen (secondary N) is 2. The molecule has 7 heteroatoms. The van der Waals surface area contributed by atoms with Gasteiger partial charge in [0.15, 0.2) is 5.65 Å². The molecule has 1 amide bonds. The number of H-pyrrole nitrogens is 1. The number of aromatic nitrogens is 3. The summed E-state index contributed by atoms with van der Waals surface area (Å²) in [5, 5.41) is 20.9. The predicted octanol–water partition coefficient (Wildman–Crippen LogP) is 3.93. The molecule has 4 aromatic rings. The van der Waals surface area contributed by atoms with Gasteiger partial charge >= 0.3 is 0 Å². The van der Waals surface area contributed by atoms with Gasteiger partial charge in [-0.2, -0.15) is 5.10 Å². The number of phenolic OH excluding ortho intramolecular Hbond substituents is 1. The number of amides is 1. The van der Waals surface area contributed by atoms with Crippen LogP contribution in [0, 0.1) is 0 Å².